The highest BCUT2D eigenvalue weighted by atomic mass is 79.9. The zero-order valence-electron chi connectivity index (χ0n) is 13.4. The minimum Gasteiger partial charge on any atom is -0.301 e. The minimum absolute atomic E-state index is 0.00258. The van der Waals surface area contributed by atoms with Crippen LogP contribution in [0.2, 0.25) is 0 Å². The van der Waals surface area contributed by atoms with Gasteiger partial charge in [-0.25, -0.2) is 0 Å². The van der Waals surface area contributed by atoms with Crippen molar-refractivity contribution < 1.29 is 4.79 Å². The van der Waals surface area contributed by atoms with Crippen LogP contribution in [0, 0.1) is 0 Å². The number of nitrogens with zero attached hydrogens (tertiary/aromatic N) is 1. The van der Waals surface area contributed by atoms with E-state index in [-0.39, 0.29) is 11.9 Å². The van der Waals surface area contributed by atoms with Crippen LogP contribution in [-0.2, 0) is 0 Å². The lowest BCUT2D eigenvalue weighted by atomic mass is 10.0. The van der Waals surface area contributed by atoms with Gasteiger partial charge in [0.1, 0.15) is 0 Å². The van der Waals surface area contributed by atoms with Crippen LogP contribution in [0.25, 0.3) is 0 Å². The molecule has 1 amide bonds. The summed E-state index contributed by atoms with van der Waals surface area (Å²) in [6.45, 7) is 2.05. The fourth-order valence-corrected chi connectivity index (χ4v) is 2.98. The molecule has 0 heterocycles. The number of carbonyl (C=O) groups excluding carboxylic acids is 1. The molecule has 0 fully saturated rings. The second-order valence-corrected chi connectivity index (χ2v) is 6.52. The van der Waals surface area contributed by atoms with Crippen LogP contribution in [0.15, 0.2) is 89.4 Å². The van der Waals surface area contributed by atoms with E-state index in [4.69, 9.17) is 0 Å². The summed E-state index contributed by atoms with van der Waals surface area (Å²) in [6.07, 6.45) is 0. The third-order valence-electron chi connectivity index (χ3n) is 4.01. The summed E-state index contributed by atoms with van der Waals surface area (Å²) in [4.78, 5) is 15.0. The predicted octanol–water partition coefficient (Wildman–Crippen LogP) is 5.86. The lowest BCUT2D eigenvalue weighted by Gasteiger charge is -2.30. The molecule has 3 aromatic rings. The Morgan fingerprint density at radius 2 is 1.38 bits per heavy atom. The molecular weight excluding hydrogens is 362 g/mol. The quantitative estimate of drug-likeness (QED) is 0.555. The maximum absolute atomic E-state index is 13.1. The molecule has 0 aliphatic carbocycles. The van der Waals surface area contributed by atoms with Crippen molar-refractivity contribution in [1.29, 1.82) is 0 Å². The Hall–Kier alpha value is -2.39. The summed E-state index contributed by atoms with van der Waals surface area (Å²) in [7, 11) is 0. The smallest absolute Gasteiger partial charge is 0.258 e. The average molecular weight is 380 g/mol. The number of carbonyl (C=O) groups is 1. The topological polar surface area (TPSA) is 20.3 Å². The highest BCUT2D eigenvalue weighted by molar-refractivity contribution is 9.10. The van der Waals surface area contributed by atoms with E-state index in [9.17, 15) is 4.79 Å². The number of amides is 1. The van der Waals surface area contributed by atoms with E-state index in [1.165, 1.54) is 0 Å². The number of halogens is 1. The van der Waals surface area contributed by atoms with Crippen molar-refractivity contribution in [3.63, 3.8) is 0 Å². The molecule has 0 radical (unpaired) electrons. The van der Waals surface area contributed by atoms with Gasteiger partial charge < -0.3 is 4.90 Å². The zero-order valence-corrected chi connectivity index (χ0v) is 15.0. The number of benzene rings is 3. The summed E-state index contributed by atoms with van der Waals surface area (Å²) >= 11 is 3.46. The van der Waals surface area contributed by atoms with E-state index in [2.05, 4.69) is 22.9 Å². The maximum atomic E-state index is 13.1. The molecule has 1 unspecified atom stereocenters. The van der Waals surface area contributed by atoms with Gasteiger partial charge in [-0.15, -0.1) is 0 Å². The van der Waals surface area contributed by atoms with Crippen molar-refractivity contribution in [1.82, 2.24) is 0 Å². The Bertz CT molecular complexity index is 800. The highest BCUT2D eigenvalue weighted by Gasteiger charge is 2.24. The fourth-order valence-electron chi connectivity index (χ4n) is 2.72. The van der Waals surface area contributed by atoms with E-state index in [0.29, 0.717) is 5.56 Å². The van der Waals surface area contributed by atoms with Crippen molar-refractivity contribution >= 4 is 27.5 Å². The van der Waals surface area contributed by atoms with Gasteiger partial charge in [0.15, 0.2) is 0 Å². The van der Waals surface area contributed by atoms with Gasteiger partial charge in [-0.1, -0.05) is 64.5 Å². The zero-order chi connectivity index (χ0) is 16.9. The lowest BCUT2D eigenvalue weighted by Crippen LogP contribution is -2.33. The van der Waals surface area contributed by atoms with Gasteiger partial charge >= 0.3 is 0 Å². The summed E-state index contributed by atoms with van der Waals surface area (Å²) in [5.41, 5.74) is 2.67. The molecule has 2 nitrogen and oxygen atoms in total. The molecule has 1 atom stereocenters. The Labute approximate surface area is 150 Å². The van der Waals surface area contributed by atoms with Crippen molar-refractivity contribution in [3.05, 3.63) is 101 Å². The van der Waals surface area contributed by atoms with E-state index in [1.54, 1.807) is 0 Å². The number of para-hydroxylation sites is 1. The third kappa shape index (κ3) is 3.57. The summed E-state index contributed by atoms with van der Waals surface area (Å²) in [5, 5.41) is 0. The number of hydrogen-bond donors (Lipinski definition) is 0. The lowest BCUT2D eigenvalue weighted by molar-refractivity contribution is 0.0978. The number of rotatable bonds is 4. The van der Waals surface area contributed by atoms with Crippen LogP contribution in [0.4, 0.5) is 5.69 Å². The van der Waals surface area contributed by atoms with E-state index < -0.39 is 0 Å². The molecule has 3 rings (SSSR count). The summed E-state index contributed by atoms with van der Waals surface area (Å²) in [6, 6.07) is 27.2. The third-order valence-corrected chi connectivity index (χ3v) is 4.54. The van der Waals surface area contributed by atoms with Gasteiger partial charge in [0, 0.05) is 15.7 Å². The maximum Gasteiger partial charge on any atom is 0.258 e. The second-order valence-electron chi connectivity index (χ2n) is 5.60. The van der Waals surface area contributed by atoms with E-state index in [0.717, 1.165) is 15.7 Å². The van der Waals surface area contributed by atoms with Gasteiger partial charge in [0.25, 0.3) is 5.91 Å². The first kappa shape index (κ1) is 16.5. The van der Waals surface area contributed by atoms with Crippen molar-refractivity contribution in [2.75, 3.05) is 4.90 Å². The molecule has 24 heavy (non-hydrogen) atoms. The van der Waals surface area contributed by atoms with E-state index >= 15 is 0 Å². The van der Waals surface area contributed by atoms with Crippen molar-refractivity contribution in [2.45, 2.75) is 13.0 Å². The highest BCUT2D eigenvalue weighted by Crippen LogP contribution is 2.29. The van der Waals surface area contributed by atoms with Crippen LogP contribution in [-0.4, -0.2) is 5.91 Å². The minimum atomic E-state index is -0.0757. The average Bonchev–Trinajstić information content (AvgIpc) is 2.64. The summed E-state index contributed by atoms with van der Waals surface area (Å²) < 4.78 is 1.03. The first-order chi connectivity index (χ1) is 11.7. The molecule has 120 valence electrons. The molecule has 0 spiro atoms. The Morgan fingerprint density at radius 3 is 1.96 bits per heavy atom. The van der Waals surface area contributed by atoms with Gasteiger partial charge in [-0.05, 0) is 48.9 Å². The number of anilines is 1. The van der Waals surface area contributed by atoms with Gasteiger partial charge in [0.05, 0.1) is 6.04 Å². The molecule has 0 N–H and O–H groups in total. The molecule has 0 aliphatic rings. The molecule has 0 aliphatic heterocycles. The first-order valence-corrected chi connectivity index (χ1v) is 8.65. The SMILES string of the molecule is CC(c1ccc(Br)cc1)N(C(=O)c1ccccc1)c1ccccc1. The first-order valence-electron chi connectivity index (χ1n) is 7.86. The second kappa shape index (κ2) is 7.45. The van der Waals surface area contributed by atoms with Gasteiger partial charge in [-0.3, -0.25) is 4.79 Å². The molecule has 0 saturated carbocycles. The molecule has 0 bridgehead atoms. The molecule has 0 aromatic heterocycles. The fraction of sp³-hybridized carbons (Fsp3) is 0.0952. The Balaban J connectivity index is 2.02. The van der Waals surface area contributed by atoms with Crippen molar-refractivity contribution in [2.24, 2.45) is 0 Å². The van der Waals surface area contributed by atoms with Crippen molar-refractivity contribution in [3.8, 4) is 0 Å². The monoisotopic (exact) mass is 379 g/mol. The molecule has 0 saturated heterocycles. The van der Waals surface area contributed by atoms with Crippen LogP contribution in [0.3, 0.4) is 0 Å². The van der Waals surface area contributed by atoms with Crippen LogP contribution >= 0.6 is 15.9 Å². The standard InChI is InChI=1S/C21H18BrNO/c1-16(17-12-14-19(22)15-13-17)23(20-10-6-3-7-11-20)21(24)18-8-4-2-5-9-18/h2-16H,1H3. The molecule has 3 heteroatoms. The van der Waals surface area contributed by atoms with Crippen LogP contribution in [0.1, 0.15) is 28.9 Å². The predicted molar refractivity (Wildman–Crippen MR) is 102 cm³/mol. The van der Waals surface area contributed by atoms with Gasteiger partial charge in [-0.2, -0.15) is 0 Å². The number of hydrogen-bond acceptors (Lipinski definition) is 1. The van der Waals surface area contributed by atoms with Crippen LogP contribution in [0.5, 0.6) is 0 Å². The molecular formula is C21H18BrNO. The Morgan fingerprint density at radius 1 is 0.833 bits per heavy atom. The largest absolute Gasteiger partial charge is 0.301 e. The van der Waals surface area contributed by atoms with E-state index in [1.807, 2.05) is 89.8 Å². The normalized spacial score (nSPS) is 11.8. The molecule has 3 aromatic carbocycles. The Kier molecular flexibility index (Phi) is 5.11. The summed E-state index contributed by atoms with van der Waals surface area (Å²) in [5.74, 6) is -0.00258. The van der Waals surface area contributed by atoms with Crippen LogP contribution < -0.4 is 4.90 Å². The van der Waals surface area contributed by atoms with Gasteiger partial charge in [0.2, 0.25) is 0 Å².